The van der Waals surface area contributed by atoms with Gasteiger partial charge in [0.2, 0.25) is 5.91 Å². The zero-order valence-electron chi connectivity index (χ0n) is 11.5. The number of amides is 1. The first kappa shape index (κ1) is 15.0. The van der Waals surface area contributed by atoms with Crippen LogP contribution in [0.5, 0.6) is 11.5 Å². The van der Waals surface area contributed by atoms with Crippen LogP contribution in [0.4, 0.5) is 8.78 Å². The second-order valence-corrected chi connectivity index (χ2v) is 4.59. The molecule has 0 spiro atoms. The molecule has 0 aromatic heterocycles. The summed E-state index contributed by atoms with van der Waals surface area (Å²) in [6.45, 7) is 1.88. The molecule has 5 heteroatoms. The fourth-order valence-corrected chi connectivity index (χ4v) is 2.01. The predicted octanol–water partition coefficient (Wildman–Crippen LogP) is 3.35. The first-order valence-corrected chi connectivity index (χ1v) is 6.53. The van der Waals surface area contributed by atoms with Gasteiger partial charge in [0.1, 0.15) is 5.75 Å². The Morgan fingerprint density at radius 1 is 1.19 bits per heavy atom. The Labute approximate surface area is 121 Å². The molecular formula is C16H15F2NO2. The average molecular weight is 291 g/mol. The highest BCUT2D eigenvalue weighted by Crippen LogP contribution is 2.30. The molecule has 0 atom stereocenters. The van der Waals surface area contributed by atoms with Gasteiger partial charge in [-0.2, -0.15) is 0 Å². The fourth-order valence-electron chi connectivity index (χ4n) is 2.01. The summed E-state index contributed by atoms with van der Waals surface area (Å²) in [5, 5.41) is 0. The van der Waals surface area contributed by atoms with Crippen LogP contribution in [0.15, 0.2) is 36.4 Å². The second-order valence-electron chi connectivity index (χ2n) is 4.59. The minimum atomic E-state index is -0.765. The lowest BCUT2D eigenvalue weighted by atomic mass is 10.1. The summed E-state index contributed by atoms with van der Waals surface area (Å²) in [5.74, 6) is -2.05. The maximum atomic E-state index is 13.6. The topological polar surface area (TPSA) is 52.3 Å². The highest BCUT2D eigenvalue weighted by molar-refractivity contribution is 5.76. The minimum Gasteiger partial charge on any atom is -0.451 e. The van der Waals surface area contributed by atoms with Crippen molar-refractivity contribution in [2.75, 3.05) is 0 Å². The van der Waals surface area contributed by atoms with E-state index in [0.29, 0.717) is 12.2 Å². The number of carbonyl (C=O) groups excluding carboxylic acids is 1. The number of hydrogen-bond donors (Lipinski definition) is 1. The van der Waals surface area contributed by atoms with E-state index in [-0.39, 0.29) is 6.42 Å². The normalized spacial score (nSPS) is 10.4. The molecule has 0 radical (unpaired) electrons. The molecule has 0 saturated heterocycles. The number of para-hydroxylation sites is 1. The molecule has 0 aliphatic heterocycles. The van der Waals surface area contributed by atoms with Crippen molar-refractivity contribution >= 4 is 5.91 Å². The highest BCUT2D eigenvalue weighted by atomic mass is 19.1. The van der Waals surface area contributed by atoms with Gasteiger partial charge in [-0.3, -0.25) is 4.79 Å². The Kier molecular flexibility index (Phi) is 4.52. The van der Waals surface area contributed by atoms with Gasteiger partial charge in [-0.1, -0.05) is 25.1 Å². The van der Waals surface area contributed by atoms with Gasteiger partial charge in [0.05, 0.1) is 6.42 Å². The molecule has 0 bridgehead atoms. The lowest BCUT2D eigenvalue weighted by Gasteiger charge is -2.12. The van der Waals surface area contributed by atoms with Crippen LogP contribution in [0.3, 0.4) is 0 Å². The van der Waals surface area contributed by atoms with E-state index >= 15 is 0 Å². The van der Waals surface area contributed by atoms with E-state index in [9.17, 15) is 13.6 Å². The molecule has 2 N–H and O–H groups in total. The van der Waals surface area contributed by atoms with Crippen molar-refractivity contribution < 1.29 is 18.3 Å². The van der Waals surface area contributed by atoms with Crippen LogP contribution in [0.2, 0.25) is 0 Å². The van der Waals surface area contributed by atoms with Crippen molar-refractivity contribution in [1.29, 1.82) is 0 Å². The SMILES string of the molecule is CCc1cc(CC(N)=O)ccc1Oc1c(F)cccc1F. The molecule has 2 aromatic carbocycles. The van der Waals surface area contributed by atoms with E-state index < -0.39 is 23.3 Å². The molecule has 2 aromatic rings. The van der Waals surface area contributed by atoms with Crippen molar-refractivity contribution in [3.63, 3.8) is 0 Å². The Bertz CT molecular complexity index is 651. The van der Waals surface area contributed by atoms with Gasteiger partial charge in [-0.05, 0) is 35.7 Å². The molecule has 0 aliphatic rings. The summed E-state index contributed by atoms with van der Waals surface area (Å²) in [5.41, 5.74) is 6.63. The first-order valence-electron chi connectivity index (χ1n) is 6.53. The number of benzene rings is 2. The lowest BCUT2D eigenvalue weighted by Crippen LogP contribution is -2.13. The van der Waals surface area contributed by atoms with E-state index in [1.807, 2.05) is 6.92 Å². The van der Waals surface area contributed by atoms with Gasteiger partial charge in [0, 0.05) is 0 Å². The summed E-state index contributed by atoms with van der Waals surface area (Å²) in [6, 6.07) is 8.52. The maximum Gasteiger partial charge on any atom is 0.221 e. The number of ether oxygens (including phenoxy) is 1. The number of aryl methyl sites for hydroxylation is 1. The van der Waals surface area contributed by atoms with Gasteiger partial charge in [0.25, 0.3) is 0 Å². The molecule has 0 fully saturated rings. The largest absolute Gasteiger partial charge is 0.451 e. The number of primary amides is 1. The molecule has 0 aliphatic carbocycles. The number of halogens is 2. The number of nitrogens with two attached hydrogens (primary N) is 1. The maximum absolute atomic E-state index is 13.6. The molecule has 3 nitrogen and oxygen atoms in total. The van der Waals surface area contributed by atoms with Gasteiger partial charge in [-0.15, -0.1) is 0 Å². The fraction of sp³-hybridized carbons (Fsp3) is 0.188. The van der Waals surface area contributed by atoms with E-state index in [0.717, 1.165) is 23.3 Å². The van der Waals surface area contributed by atoms with E-state index in [1.54, 1.807) is 18.2 Å². The summed E-state index contributed by atoms with van der Waals surface area (Å²) in [4.78, 5) is 10.9. The Morgan fingerprint density at radius 3 is 2.43 bits per heavy atom. The van der Waals surface area contributed by atoms with E-state index in [4.69, 9.17) is 10.5 Å². The van der Waals surface area contributed by atoms with Crippen LogP contribution < -0.4 is 10.5 Å². The molecule has 0 saturated carbocycles. The van der Waals surface area contributed by atoms with Crippen LogP contribution >= 0.6 is 0 Å². The Hall–Kier alpha value is -2.43. The van der Waals surface area contributed by atoms with Crippen LogP contribution in [0.1, 0.15) is 18.1 Å². The third-order valence-electron chi connectivity index (χ3n) is 3.02. The average Bonchev–Trinajstić information content (AvgIpc) is 2.43. The van der Waals surface area contributed by atoms with E-state index in [2.05, 4.69) is 0 Å². The molecule has 21 heavy (non-hydrogen) atoms. The summed E-state index contributed by atoms with van der Waals surface area (Å²) in [7, 11) is 0. The number of hydrogen-bond acceptors (Lipinski definition) is 2. The second kappa shape index (κ2) is 6.35. The molecule has 0 unspecified atom stereocenters. The van der Waals surface area contributed by atoms with Crippen LogP contribution in [0, 0.1) is 11.6 Å². The third-order valence-corrected chi connectivity index (χ3v) is 3.02. The Balaban J connectivity index is 2.34. The van der Waals surface area contributed by atoms with Gasteiger partial charge >= 0.3 is 0 Å². The lowest BCUT2D eigenvalue weighted by molar-refractivity contribution is -0.117. The Morgan fingerprint density at radius 2 is 1.86 bits per heavy atom. The predicted molar refractivity (Wildman–Crippen MR) is 75.2 cm³/mol. The van der Waals surface area contributed by atoms with Crippen molar-refractivity contribution in [2.45, 2.75) is 19.8 Å². The molecule has 2 rings (SSSR count). The zero-order chi connectivity index (χ0) is 15.4. The summed E-state index contributed by atoms with van der Waals surface area (Å²) in [6.07, 6.45) is 0.708. The standard InChI is InChI=1S/C16H15F2NO2/c1-2-11-8-10(9-15(19)20)6-7-14(11)21-16-12(17)4-3-5-13(16)18/h3-8H,2,9H2,1H3,(H2,19,20). The molecule has 110 valence electrons. The number of carbonyl (C=O) groups is 1. The summed E-state index contributed by atoms with van der Waals surface area (Å²) >= 11 is 0. The number of rotatable bonds is 5. The van der Waals surface area contributed by atoms with E-state index in [1.165, 1.54) is 6.07 Å². The zero-order valence-corrected chi connectivity index (χ0v) is 11.5. The summed E-state index contributed by atoms with van der Waals surface area (Å²) < 4.78 is 32.5. The van der Waals surface area contributed by atoms with Crippen molar-refractivity contribution in [1.82, 2.24) is 0 Å². The van der Waals surface area contributed by atoms with Crippen molar-refractivity contribution in [3.8, 4) is 11.5 Å². The molecule has 1 amide bonds. The van der Waals surface area contributed by atoms with Gasteiger partial charge < -0.3 is 10.5 Å². The smallest absolute Gasteiger partial charge is 0.221 e. The van der Waals surface area contributed by atoms with Crippen molar-refractivity contribution in [2.24, 2.45) is 5.73 Å². The first-order chi connectivity index (χ1) is 10.0. The van der Waals surface area contributed by atoms with Gasteiger partial charge in [0.15, 0.2) is 17.4 Å². The quantitative estimate of drug-likeness (QED) is 0.918. The monoisotopic (exact) mass is 291 g/mol. The van der Waals surface area contributed by atoms with Crippen LogP contribution in [-0.4, -0.2) is 5.91 Å². The molecular weight excluding hydrogens is 276 g/mol. The van der Waals surface area contributed by atoms with Crippen molar-refractivity contribution in [3.05, 3.63) is 59.2 Å². The third kappa shape index (κ3) is 3.56. The van der Waals surface area contributed by atoms with Gasteiger partial charge in [-0.25, -0.2) is 8.78 Å². The highest BCUT2D eigenvalue weighted by Gasteiger charge is 2.13. The molecule has 0 heterocycles. The van der Waals surface area contributed by atoms with Crippen LogP contribution in [-0.2, 0) is 17.6 Å². The van der Waals surface area contributed by atoms with Crippen LogP contribution in [0.25, 0.3) is 0 Å². The minimum absolute atomic E-state index is 0.112.